The Morgan fingerprint density at radius 2 is 1.02 bits per heavy atom. The lowest BCUT2D eigenvalue weighted by Gasteiger charge is -2.38. The fourth-order valence-electron chi connectivity index (χ4n) is 6.00. The topological polar surface area (TPSA) is 96.8 Å². The average Bonchev–Trinajstić information content (AvgIpc) is 3.69. The number of aliphatic hydroxyl groups excluding tert-OH is 2. The number of aromatic amines is 1. The highest BCUT2D eigenvalue weighted by atomic mass is 16.5. The highest BCUT2D eigenvalue weighted by molar-refractivity contribution is 5.47. The van der Waals surface area contributed by atoms with Gasteiger partial charge in [0.1, 0.15) is 30.0 Å². The third-order valence-electron chi connectivity index (χ3n) is 8.42. The molecule has 5 aromatic carbocycles. The smallest absolute Gasteiger partial charge is 0.143 e. The van der Waals surface area contributed by atoms with Gasteiger partial charge in [0, 0.05) is 0 Å². The van der Waals surface area contributed by atoms with Gasteiger partial charge in [0.15, 0.2) is 0 Å². The molecule has 244 valence electrons. The van der Waals surface area contributed by atoms with Crippen molar-refractivity contribution in [3.8, 4) is 0 Å². The molecule has 0 fully saturated rings. The summed E-state index contributed by atoms with van der Waals surface area (Å²) in [4.78, 5) is 7.25. The molecule has 0 aliphatic carbocycles. The Bertz CT molecular complexity index is 1660. The van der Waals surface area contributed by atoms with Crippen LogP contribution < -0.4 is 0 Å². The van der Waals surface area contributed by atoms with Crippen LogP contribution in [0.1, 0.15) is 39.6 Å². The second kappa shape index (κ2) is 16.3. The number of rotatable bonds is 16. The zero-order chi connectivity index (χ0) is 33.0. The molecule has 1 heterocycles. The van der Waals surface area contributed by atoms with Crippen LogP contribution in [0.15, 0.2) is 164 Å². The zero-order valence-corrected chi connectivity index (χ0v) is 26.6. The summed E-state index contributed by atoms with van der Waals surface area (Å²) in [5, 5.41) is 24.0. The molecule has 6 aromatic rings. The van der Waals surface area contributed by atoms with Gasteiger partial charge in [0.2, 0.25) is 0 Å². The Kier molecular flexibility index (Phi) is 11.2. The van der Waals surface area contributed by atoms with E-state index in [2.05, 4.69) is 9.97 Å². The lowest BCUT2D eigenvalue weighted by atomic mass is 9.80. The van der Waals surface area contributed by atoms with Gasteiger partial charge < -0.3 is 29.4 Å². The van der Waals surface area contributed by atoms with Gasteiger partial charge >= 0.3 is 0 Å². The molecule has 1 aromatic heterocycles. The van der Waals surface area contributed by atoms with Gasteiger partial charge in [-0.3, -0.25) is 0 Å². The van der Waals surface area contributed by atoms with Crippen LogP contribution >= 0.6 is 0 Å². The van der Waals surface area contributed by atoms with Crippen molar-refractivity contribution in [1.29, 1.82) is 0 Å². The molecule has 0 radical (unpaired) electrons. The molecule has 0 saturated heterocycles. The van der Waals surface area contributed by atoms with Crippen molar-refractivity contribution in [3.05, 3.63) is 198 Å². The second-order valence-corrected chi connectivity index (χ2v) is 11.6. The molecular formula is C41H40N2O5. The third-order valence-corrected chi connectivity index (χ3v) is 8.42. The average molecular weight is 641 g/mol. The van der Waals surface area contributed by atoms with Crippen LogP contribution in [0.5, 0.6) is 0 Å². The maximum atomic E-state index is 12.0. The van der Waals surface area contributed by atoms with Gasteiger partial charge in [-0.1, -0.05) is 152 Å². The van der Waals surface area contributed by atoms with Gasteiger partial charge in [0.05, 0.1) is 38.0 Å². The van der Waals surface area contributed by atoms with E-state index in [-0.39, 0.29) is 19.8 Å². The van der Waals surface area contributed by atoms with Gasteiger partial charge in [-0.05, 0) is 27.8 Å². The molecule has 3 N–H and O–H groups in total. The van der Waals surface area contributed by atoms with Crippen LogP contribution in [0.25, 0.3) is 0 Å². The number of H-pyrrole nitrogens is 1. The van der Waals surface area contributed by atoms with Crippen LogP contribution in [0.2, 0.25) is 0 Å². The van der Waals surface area contributed by atoms with Crippen molar-refractivity contribution in [2.45, 2.75) is 43.2 Å². The van der Waals surface area contributed by atoms with E-state index in [0.29, 0.717) is 5.69 Å². The van der Waals surface area contributed by atoms with E-state index in [1.807, 2.05) is 152 Å². The fourth-order valence-corrected chi connectivity index (χ4v) is 6.00. The summed E-state index contributed by atoms with van der Waals surface area (Å²) in [6.07, 6.45) is -1.39. The number of nitrogens with one attached hydrogen (secondary N) is 1. The number of nitrogens with zero attached hydrogens (tertiary/aromatic N) is 1. The Morgan fingerprint density at radius 3 is 1.46 bits per heavy atom. The highest BCUT2D eigenvalue weighted by Crippen LogP contribution is 2.41. The molecule has 6 rings (SSSR count). The Labute approximate surface area is 281 Å². The molecule has 0 spiro atoms. The van der Waals surface area contributed by atoms with Gasteiger partial charge in [-0.15, -0.1) is 0 Å². The maximum absolute atomic E-state index is 12.0. The lowest BCUT2D eigenvalue weighted by Crippen LogP contribution is -2.47. The van der Waals surface area contributed by atoms with Crippen molar-refractivity contribution in [2.75, 3.05) is 6.61 Å². The van der Waals surface area contributed by atoms with E-state index < -0.39 is 30.0 Å². The Hall–Kier alpha value is -4.89. The van der Waals surface area contributed by atoms with E-state index in [1.54, 1.807) is 6.20 Å². The number of benzene rings is 5. The molecule has 4 atom stereocenters. The third kappa shape index (κ3) is 7.80. The second-order valence-electron chi connectivity index (χ2n) is 11.6. The first-order valence-electron chi connectivity index (χ1n) is 16.1. The standard InChI is InChI=1S/C41H40N2O5/c44-37(29-48-41(33-20-10-3-11-21-33,34-22-12-4-13-23-34)35-24-14-5-15-25-35)40(47-28-32-18-8-2-9-19-32)38(45)39(36-26-42-30-43-36)46-27-31-16-6-1-7-17-31/h1-26,30,37-40,44-45H,27-29H2,(H,42,43)/t37-,38+,39+,40+/m0/s1. The molecule has 7 nitrogen and oxygen atoms in total. The maximum Gasteiger partial charge on any atom is 0.143 e. The number of ether oxygens (including phenoxy) is 3. The van der Waals surface area contributed by atoms with E-state index in [0.717, 1.165) is 27.8 Å². The van der Waals surface area contributed by atoms with Crippen molar-refractivity contribution in [3.63, 3.8) is 0 Å². The molecule has 48 heavy (non-hydrogen) atoms. The van der Waals surface area contributed by atoms with Crippen molar-refractivity contribution in [1.82, 2.24) is 9.97 Å². The van der Waals surface area contributed by atoms with Crippen LogP contribution in [0.3, 0.4) is 0 Å². The predicted octanol–water partition coefficient (Wildman–Crippen LogP) is 6.98. The van der Waals surface area contributed by atoms with Crippen LogP contribution in [-0.4, -0.2) is 45.1 Å². The van der Waals surface area contributed by atoms with Crippen LogP contribution in [0.4, 0.5) is 0 Å². The minimum Gasteiger partial charge on any atom is -0.388 e. The van der Waals surface area contributed by atoms with Crippen molar-refractivity contribution in [2.24, 2.45) is 0 Å². The minimum atomic E-state index is -1.30. The summed E-state index contributed by atoms with van der Waals surface area (Å²) in [6.45, 7) is 0.234. The number of hydrogen-bond donors (Lipinski definition) is 3. The van der Waals surface area contributed by atoms with Crippen molar-refractivity contribution < 1.29 is 24.4 Å². The van der Waals surface area contributed by atoms with Crippen LogP contribution in [0, 0.1) is 0 Å². The van der Waals surface area contributed by atoms with Gasteiger partial charge in [-0.25, -0.2) is 4.98 Å². The summed E-state index contributed by atoms with van der Waals surface area (Å²) in [6, 6.07) is 49.3. The molecule has 0 amide bonds. The molecule has 0 bridgehead atoms. The number of hydrogen-bond acceptors (Lipinski definition) is 6. The normalized spacial score (nSPS) is 14.2. The quantitative estimate of drug-likeness (QED) is 0.0988. The molecule has 0 aliphatic heterocycles. The molecular weight excluding hydrogens is 600 g/mol. The van der Waals surface area contributed by atoms with E-state index in [1.165, 1.54) is 6.33 Å². The predicted molar refractivity (Wildman–Crippen MR) is 185 cm³/mol. The summed E-state index contributed by atoms with van der Waals surface area (Å²) >= 11 is 0. The fraction of sp³-hybridized carbons (Fsp3) is 0.195. The SMILES string of the molecule is O[C@@H]([C@H](OCc1ccccc1)[C@@H](O)COC(c1ccccc1)(c1ccccc1)c1ccccc1)[C@H](OCc1ccccc1)c1cnc[nH]1. The molecule has 0 aliphatic rings. The first-order chi connectivity index (χ1) is 23.6. The summed E-state index contributed by atoms with van der Waals surface area (Å²) < 4.78 is 19.6. The van der Waals surface area contributed by atoms with Gasteiger partial charge in [-0.2, -0.15) is 0 Å². The molecule has 7 heteroatoms. The highest BCUT2D eigenvalue weighted by Gasteiger charge is 2.41. The molecule has 0 unspecified atom stereocenters. The van der Waals surface area contributed by atoms with E-state index >= 15 is 0 Å². The monoisotopic (exact) mass is 640 g/mol. The lowest BCUT2D eigenvalue weighted by molar-refractivity contribution is -0.174. The summed E-state index contributed by atoms with van der Waals surface area (Å²) in [5.74, 6) is 0. The Balaban J connectivity index is 1.34. The summed E-state index contributed by atoms with van der Waals surface area (Å²) in [5.41, 5.74) is 4.05. The van der Waals surface area contributed by atoms with Gasteiger partial charge in [0.25, 0.3) is 0 Å². The molecule has 0 saturated carbocycles. The first-order valence-corrected chi connectivity index (χ1v) is 16.1. The van der Waals surface area contributed by atoms with Crippen molar-refractivity contribution >= 4 is 0 Å². The zero-order valence-electron chi connectivity index (χ0n) is 26.6. The van der Waals surface area contributed by atoms with E-state index in [4.69, 9.17) is 14.2 Å². The number of aliphatic hydroxyl groups is 2. The van der Waals surface area contributed by atoms with Crippen LogP contribution in [-0.2, 0) is 33.0 Å². The minimum absolute atomic E-state index is 0.162. The number of imidazole rings is 1. The number of aromatic nitrogens is 2. The first kappa shape index (κ1) is 33.0. The Morgan fingerprint density at radius 1 is 0.583 bits per heavy atom. The van der Waals surface area contributed by atoms with E-state index in [9.17, 15) is 10.2 Å². The summed E-state index contributed by atoms with van der Waals surface area (Å²) in [7, 11) is 0. The largest absolute Gasteiger partial charge is 0.388 e.